The molecule has 0 fully saturated rings. The first-order chi connectivity index (χ1) is 13.2. The average Bonchev–Trinajstić information content (AvgIpc) is 3.43. The zero-order valence-corrected chi connectivity index (χ0v) is 15.6. The number of nitrogens with zero attached hydrogens (tertiary/aromatic N) is 2. The summed E-state index contributed by atoms with van der Waals surface area (Å²) in [5, 5.41) is 16.4. The molecule has 1 atom stereocenters. The fourth-order valence-corrected chi connectivity index (χ4v) is 3.86. The van der Waals surface area contributed by atoms with Gasteiger partial charge in [-0.2, -0.15) is 0 Å². The molecule has 136 valence electrons. The van der Waals surface area contributed by atoms with E-state index in [1.54, 1.807) is 12.1 Å². The number of fused-ring (bicyclic) bond motifs is 1. The predicted molar refractivity (Wildman–Crippen MR) is 106 cm³/mol. The van der Waals surface area contributed by atoms with Crippen molar-refractivity contribution in [3.05, 3.63) is 63.9 Å². The van der Waals surface area contributed by atoms with Gasteiger partial charge in [-0.1, -0.05) is 35.6 Å². The van der Waals surface area contributed by atoms with Crippen LogP contribution < -0.4 is 10.6 Å². The fourth-order valence-electron chi connectivity index (χ4n) is 2.79. The molecule has 0 aliphatic heterocycles. The highest BCUT2D eigenvalue weighted by Gasteiger charge is 2.24. The van der Waals surface area contributed by atoms with E-state index >= 15 is 0 Å². The van der Waals surface area contributed by atoms with Crippen LogP contribution in [-0.2, 0) is 11.2 Å². The minimum absolute atomic E-state index is 0.276. The zero-order chi connectivity index (χ0) is 18.6. The number of hydrogen-bond donors (Lipinski definition) is 3. The van der Waals surface area contributed by atoms with Crippen molar-refractivity contribution in [3.8, 4) is 0 Å². The maximum atomic E-state index is 12.8. The smallest absolute Gasteiger partial charge is 0.262 e. The molecular weight excluding hydrogens is 382 g/mol. The Morgan fingerprint density at radius 2 is 2.04 bits per heavy atom. The zero-order valence-electron chi connectivity index (χ0n) is 14.0. The van der Waals surface area contributed by atoms with Crippen molar-refractivity contribution >= 4 is 50.5 Å². The summed E-state index contributed by atoms with van der Waals surface area (Å²) in [6.45, 7) is 0. The molecular formula is C18H15N5O2S2. The molecule has 7 nitrogen and oxygen atoms in total. The second kappa shape index (κ2) is 7.68. The molecule has 1 aromatic carbocycles. The van der Waals surface area contributed by atoms with Crippen LogP contribution in [0.15, 0.2) is 53.5 Å². The van der Waals surface area contributed by atoms with Gasteiger partial charge in [0.05, 0.1) is 4.88 Å². The van der Waals surface area contributed by atoms with Crippen LogP contribution in [0.4, 0.5) is 5.13 Å². The molecule has 0 aliphatic rings. The molecule has 3 heterocycles. The number of benzene rings is 1. The number of nitrogens with one attached hydrogen (secondary N) is 3. The fraction of sp³-hybridized carbons (Fsp3) is 0.111. The molecule has 1 unspecified atom stereocenters. The number of H-pyrrole nitrogens is 1. The van der Waals surface area contributed by atoms with Crippen LogP contribution in [0.1, 0.15) is 15.2 Å². The molecule has 4 aromatic rings. The maximum Gasteiger partial charge on any atom is 0.262 e. The van der Waals surface area contributed by atoms with Crippen molar-refractivity contribution in [1.29, 1.82) is 0 Å². The molecule has 0 spiro atoms. The number of carbonyl (C=O) groups excluding carboxylic acids is 2. The first kappa shape index (κ1) is 17.4. The third-order valence-electron chi connectivity index (χ3n) is 4.06. The van der Waals surface area contributed by atoms with Crippen LogP contribution in [0, 0.1) is 0 Å². The van der Waals surface area contributed by atoms with Gasteiger partial charge in [0.2, 0.25) is 11.0 Å². The minimum atomic E-state index is -0.747. The number of hydrogen-bond acceptors (Lipinski definition) is 6. The topological polar surface area (TPSA) is 99.8 Å². The minimum Gasteiger partial charge on any atom is -0.361 e. The van der Waals surface area contributed by atoms with E-state index in [0.29, 0.717) is 16.4 Å². The Labute approximate surface area is 162 Å². The molecule has 27 heavy (non-hydrogen) atoms. The maximum absolute atomic E-state index is 12.8. The van der Waals surface area contributed by atoms with E-state index in [1.807, 2.05) is 35.8 Å². The van der Waals surface area contributed by atoms with E-state index < -0.39 is 6.04 Å². The van der Waals surface area contributed by atoms with Crippen LogP contribution in [0.25, 0.3) is 10.9 Å². The monoisotopic (exact) mass is 397 g/mol. The highest BCUT2D eigenvalue weighted by atomic mass is 32.1. The molecule has 0 bridgehead atoms. The number of thiophene rings is 1. The second-order valence-corrected chi connectivity index (χ2v) is 7.58. The van der Waals surface area contributed by atoms with Gasteiger partial charge < -0.3 is 10.3 Å². The highest BCUT2D eigenvalue weighted by Crippen LogP contribution is 2.20. The molecule has 9 heteroatoms. The molecule has 0 aliphatic carbocycles. The Hall–Kier alpha value is -3.04. The first-order valence-electron chi connectivity index (χ1n) is 8.17. The highest BCUT2D eigenvalue weighted by molar-refractivity contribution is 7.13. The van der Waals surface area contributed by atoms with Gasteiger partial charge in [0.1, 0.15) is 11.6 Å². The van der Waals surface area contributed by atoms with E-state index in [0.717, 1.165) is 16.5 Å². The van der Waals surface area contributed by atoms with Crippen molar-refractivity contribution < 1.29 is 9.59 Å². The van der Waals surface area contributed by atoms with Crippen LogP contribution in [0.5, 0.6) is 0 Å². The van der Waals surface area contributed by atoms with E-state index in [9.17, 15) is 9.59 Å². The number of aromatic nitrogens is 3. The molecule has 2 amide bonds. The summed E-state index contributed by atoms with van der Waals surface area (Å²) in [6, 6.07) is 10.6. The Bertz CT molecular complexity index is 1060. The lowest BCUT2D eigenvalue weighted by molar-refractivity contribution is -0.118. The predicted octanol–water partition coefficient (Wildman–Crippen LogP) is 3.06. The average molecular weight is 397 g/mol. The van der Waals surface area contributed by atoms with Gasteiger partial charge in [-0.3, -0.25) is 14.9 Å². The van der Waals surface area contributed by atoms with E-state index in [1.165, 1.54) is 28.2 Å². The van der Waals surface area contributed by atoms with Crippen LogP contribution >= 0.6 is 22.7 Å². The number of amides is 2. The Kier molecular flexibility index (Phi) is 4.95. The number of anilines is 1. The molecule has 0 radical (unpaired) electrons. The lowest BCUT2D eigenvalue weighted by Crippen LogP contribution is -2.45. The summed E-state index contributed by atoms with van der Waals surface area (Å²) >= 11 is 2.56. The van der Waals surface area contributed by atoms with E-state index in [-0.39, 0.29) is 11.8 Å². The summed E-state index contributed by atoms with van der Waals surface area (Å²) in [6.07, 6.45) is 2.22. The lowest BCUT2D eigenvalue weighted by Gasteiger charge is -2.17. The van der Waals surface area contributed by atoms with Gasteiger partial charge >= 0.3 is 0 Å². The molecule has 0 saturated carbocycles. The normalized spacial score (nSPS) is 12.0. The summed E-state index contributed by atoms with van der Waals surface area (Å²) in [7, 11) is 0. The second-order valence-electron chi connectivity index (χ2n) is 5.80. The number of carbonyl (C=O) groups is 2. The number of aromatic amines is 1. The van der Waals surface area contributed by atoms with E-state index in [4.69, 9.17) is 0 Å². The molecule has 3 N–H and O–H groups in total. The Balaban J connectivity index is 1.58. The molecule has 4 rings (SSSR count). The molecule has 0 saturated heterocycles. The van der Waals surface area contributed by atoms with Crippen LogP contribution in [0.2, 0.25) is 0 Å². The van der Waals surface area contributed by atoms with Crippen molar-refractivity contribution in [1.82, 2.24) is 20.5 Å². The number of para-hydroxylation sites is 1. The van der Waals surface area contributed by atoms with Crippen LogP contribution in [0.3, 0.4) is 0 Å². The Morgan fingerprint density at radius 3 is 2.81 bits per heavy atom. The summed E-state index contributed by atoms with van der Waals surface area (Å²) in [4.78, 5) is 29.0. The SMILES string of the molecule is O=C(NC(Cc1c[nH]c2ccccc12)C(=O)Nc1nncs1)c1cccs1. The lowest BCUT2D eigenvalue weighted by atomic mass is 10.0. The Morgan fingerprint density at radius 1 is 1.15 bits per heavy atom. The summed E-state index contributed by atoms with van der Waals surface area (Å²) in [5.74, 6) is -0.607. The van der Waals surface area contributed by atoms with Gasteiger partial charge in [-0.05, 0) is 23.1 Å². The van der Waals surface area contributed by atoms with Gasteiger partial charge in [0.15, 0.2) is 0 Å². The summed E-state index contributed by atoms with van der Waals surface area (Å²) in [5.41, 5.74) is 3.48. The van der Waals surface area contributed by atoms with Crippen LogP contribution in [-0.4, -0.2) is 33.0 Å². The first-order valence-corrected chi connectivity index (χ1v) is 9.93. The van der Waals surface area contributed by atoms with Gasteiger partial charge in [0.25, 0.3) is 5.91 Å². The number of rotatable bonds is 6. The van der Waals surface area contributed by atoms with Crippen molar-refractivity contribution in [3.63, 3.8) is 0 Å². The standard InChI is InChI=1S/C18H15N5O2S2/c24-16(22-18-23-20-10-27-18)14(21-17(25)15-6-3-7-26-15)8-11-9-19-13-5-2-1-4-12(11)13/h1-7,9-10,14,19H,8H2,(H,21,25)(H,22,23,24). The van der Waals surface area contributed by atoms with Crippen molar-refractivity contribution in [2.75, 3.05) is 5.32 Å². The van der Waals surface area contributed by atoms with Gasteiger partial charge in [-0.25, -0.2) is 0 Å². The van der Waals surface area contributed by atoms with Crippen molar-refractivity contribution in [2.24, 2.45) is 0 Å². The largest absolute Gasteiger partial charge is 0.361 e. The third kappa shape index (κ3) is 3.88. The summed E-state index contributed by atoms with van der Waals surface area (Å²) < 4.78 is 0. The quantitative estimate of drug-likeness (QED) is 0.465. The third-order valence-corrected chi connectivity index (χ3v) is 5.53. The van der Waals surface area contributed by atoms with E-state index in [2.05, 4.69) is 25.8 Å². The van der Waals surface area contributed by atoms with Gasteiger partial charge in [0, 0.05) is 23.5 Å². The van der Waals surface area contributed by atoms with Gasteiger partial charge in [-0.15, -0.1) is 21.5 Å². The van der Waals surface area contributed by atoms with Crippen molar-refractivity contribution in [2.45, 2.75) is 12.5 Å². The molecule has 3 aromatic heterocycles.